The van der Waals surface area contributed by atoms with E-state index in [9.17, 15) is 31.2 Å². The zero-order valence-corrected chi connectivity index (χ0v) is 22.7. The second-order valence-electron chi connectivity index (χ2n) is 9.46. The first-order valence-electron chi connectivity index (χ1n) is 12.3. The van der Waals surface area contributed by atoms with Gasteiger partial charge < -0.3 is 10.2 Å². The average molecular weight is 574 g/mol. The second-order valence-corrected chi connectivity index (χ2v) is 11.8. The molecule has 38 heavy (non-hydrogen) atoms. The molecule has 0 aromatic heterocycles. The van der Waals surface area contributed by atoms with Gasteiger partial charge in [0, 0.05) is 12.6 Å². The summed E-state index contributed by atoms with van der Waals surface area (Å²) in [7, 11) is -4.24. The molecule has 7 nitrogen and oxygen atoms in total. The van der Waals surface area contributed by atoms with E-state index >= 15 is 0 Å². The summed E-state index contributed by atoms with van der Waals surface area (Å²) < 4.78 is 65.9. The molecule has 3 rings (SSSR count). The van der Waals surface area contributed by atoms with Crippen molar-refractivity contribution in [3.05, 3.63) is 64.7 Å². The molecular formula is C26H31ClF3N3O4S. The highest BCUT2D eigenvalue weighted by Gasteiger charge is 2.35. The van der Waals surface area contributed by atoms with Gasteiger partial charge in [0.05, 0.1) is 22.5 Å². The van der Waals surface area contributed by atoms with Gasteiger partial charge in [-0.3, -0.25) is 13.9 Å². The number of carbonyl (C=O) groups excluding carboxylic acids is 2. The molecule has 2 aromatic rings. The third kappa shape index (κ3) is 7.86. The van der Waals surface area contributed by atoms with E-state index in [-0.39, 0.29) is 23.5 Å². The lowest BCUT2D eigenvalue weighted by atomic mass is 9.95. The van der Waals surface area contributed by atoms with E-state index in [1.807, 2.05) is 0 Å². The fourth-order valence-electron chi connectivity index (χ4n) is 4.41. The van der Waals surface area contributed by atoms with Crippen LogP contribution < -0.4 is 9.62 Å². The minimum absolute atomic E-state index is 0.00709. The predicted molar refractivity (Wildman–Crippen MR) is 140 cm³/mol. The number of nitrogens with one attached hydrogen (secondary N) is 1. The molecule has 1 aliphatic rings. The molecule has 1 atom stereocenters. The Labute approximate surface area is 226 Å². The Morgan fingerprint density at radius 1 is 1.08 bits per heavy atom. The van der Waals surface area contributed by atoms with Crippen molar-refractivity contribution in [1.29, 1.82) is 0 Å². The molecule has 2 aromatic carbocycles. The molecule has 1 N–H and O–H groups in total. The summed E-state index contributed by atoms with van der Waals surface area (Å²) in [6.07, 6.45) is 0.775. The minimum atomic E-state index is -4.75. The van der Waals surface area contributed by atoms with Gasteiger partial charge in [0.25, 0.3) is 0 Å². The summed E-state index contributed by atoms with van der Waals surface area (Å²) in [6, 6.07) is 10.1. The number of alkyl halides is 3. The molecule has 1 aliphatic carbocycles. The molecule has 0 unspecified atom stereocenters. The smallest absolute Gasteiger partial charge is 0.352 e. The van der Waals surface area contributed by atoms with E-state index in [2.05, 4.69) is 5.32 Å². The van der Waals surface area contributed by atoms with E-state index < -0.39 is 45.9 Å². The molecule has 1 saturated carbocycles. The van der Waals surface area contributed by atoms with Crippen LogP contribution in [0, 0.1) is 0 Å². The Morgan fingerprint density at radius 3 is 2.29 bits per heavy atom. The molecule has 12 heteroatoms. The van der Waals surface area contributed by atoms with Crippen molar-refractivity contribution in [3.63, 3.8) is 0 Å². The van der Waals surface area contributed by atoms with E-state index in [1.54, 1.807) is 37.3 Å². The molecule has 208 valence electrons. The molecule has 0 saturated heterocycles. The van der Waals surface area contributed by atoms with Crippen molar-refractivity contribution in [1.82, 2.24) is 10.2 Å². The Morgan fingerprint density at radius 2 is 1.71 bits per heavy atom. The number of benzene rings is 2. The Kier molecular flexibility index (Phi) is 9.69. The van der Waals surface area contributed by atoms with Crippen molar-refractivity contribution in [3.8, 4) is 0 Å². The first-order valence-corrected chi connectivity index (χ1v) is 14.5. The number of nitrogens with zero attached hydrogens (tertiary/aromatic N) is 2. The van der Waals surface area contributed by atoms with Crippen LogP contribution >= 0.6 is 11.6 Å². The van der Waals surface area contributed by atoms with Crippen LogP contribution in [0.1, 0.15) is 50.2 Å². The van der Waals surface area contributed by atoms with Gasteiger partial charge in [0.15, 0.2) is 0 Å². The van der Waals surface area contributed by atoms with Crippen LogP contribution in [-0.4, -0.2) is 50.0 Å². The lowest BCUT2D eigenvalue weighted by Gasteiger charge is -2.33. The number of hydrogen-bond acceptors (Lipinski definition) is 4. The molecule has 0 heterocycles. The maximum Gasteiger partial charge on any atom is 0.416 e. The van der Waals surface area contributed by atoms with Crippen LogP contribution in [0.15, 0.2) is 48.5 Å². The third-order valence-corrected chi connectivity index (χ3v) is 7.98. The van der Waals surface area contributed by atoms with Crippen LogP contribution in [0.4, 0.5) is 18.9 Å². The van der Waals surface area contributed by atoms with Gasteiger partial charge in [-0.05, 0) is 43.5 Å². The fraction of sp³-hybridized carbons (Fsp3) is 0.462. The maximum absolute atomic E-state index is 13.6. The fourth-order valence-corrected chi connectivity index (χ4v) is 5.53. The zero-order chi connectivity index (χ0) is 28.1. The van der Waals surface area contributed by atoms with E-state index in [0.29, 0.717) is 15.9 Å². The quantitative estimate of drug-likeness (QED) is 0.458. The summed E-state index contributed by atoms with van der Waals surface area (Å²) in [5.74, 6) is -1.15. The largest absolute Gasteiger partial charge is 0.416 e. The van der Waals surface area contributed by atoms with Gasteiger partial charge in [0.2, 0.25) is 21.8 Å². The summed E-state index contributed by atoms with van der Waals surface area (Å²) in [5.41, 5.74) is -0.892. The number of hydrogen-bond donors (Lipinski definition) is 1. The van der Waals surface area contributed by atoms with Gasteiger partial charge >= 0.3 is 6.18 Å². The van der Waals surface area contributed by atoms with Crippen molar-refractivity contribution < 1.29 is 31.2 Å². The van der Waals surface area contributed by atoms with Gasteiger partial charge in [-0.1, -0.05) is 61.2 Å². The summed E-state index contributed by atoms with van der Waals surface area (Å²) in [4.78, 5) is 27.9. The van der Waals surface area contributed by atoms with Crippen LogP contribution in [0.25, 0.3) is 0 Å². The van der Waals surface area contributed by atoms with Gasteiger partial charge in [-0.25, -0.2) is 8.42 Å². The lowest BCUT2D eigenvalue weighted by Crippen LogP contribution is -2.53. The summed E-state index contributed by atoms with van der Waals surface area (Å²) in [5, 5.41) is 2.71. The molecule has 0 spiro atoms. The molecule has 0 radical (unpaired) electrons. The van der Waals surface area contributed by atoms with Crippen LogP contribution in [-0.2, 0) is 32.3 Å². The Hall–Kier alpha value is -2.79. The molecule has 2 amide bonds. The van der Waals surface area contributed by atoms with Crippen molar-refractivity contribution >= 4 is 39.1 Å². The standard InChI is InChI=1S/C26H31ClF3N3O4S/c1-18(25(35)31-21-11-7-4-8-12-21)32(16-19-9-5-3-6-10-19)24(34)17-33(38(2,36)37)23-15-20(26(28,29)30)13-14-22(23)27/h3,5-6,9-10,13-15,18,21H,4,7-8,11-12,16-17H2,1-2H3,(H,31,35)/t18-/m1/s1. The van der Waals surface area contributed by atoms with Gasteiger partial charge in [0.1, 0.15) is 12.6 Å². The number of sulfonamides is 1. The first-order chi connectivity index (χ1) is 17.8. The lowest BCUT2D eigenvalue weighted by molar-refractivity contribution is -0.139. The number of carbonyl (C=O) groups is 2. The highest BCUT2D eigenvalue weighted by atomic mass is 35.5. The normalized spacial score (nSPS) is 15.5. The molecular weight excluding hydrogens is 543 g/mol. The number of anilines is 1. The van der Waals surface area contributed by atoms with Crippen LogP contribution in [0.2, 0.25) is 5.02 Å². The highest BCUT2D eigenvalue weighted by molar-refractivity contribution is 7.92. The molecule has 0 bridgehead atoms. The third-order valence-electron chi connectivity index (χ3n) is 6.54. The Bertz CT molecular complexity index is 1240. The molecule has 0 aliphatic heterocycles. The van der Waals surface area contributed by atoms with E-state index in [4.69, 9.17) is 11.6 Å². The molecule has 1 fully saturated rings. The number of halogens is 4. The maximum atomic E-state index is 13.6. The summed E-state index contributed by atoms with van der Waals surface area (Å²) >= 11 is 6.10. The topological polar surface area (TPSA) is 86.8 Å². The van der Waals surface area contributed by atoms with Gasteiger partial charge in [-0.15, -0.1) is 0 Å². The van der Waals surface area contributed by atoms with E-state index in [0.717, 1.165) is 50.5 Å². The van der Waals surface area contributed by atoms with Crippen LogP contribution in [0.3, 0.4) is 0 Å². The highest BCUT2D eigenvalue weighted by Crippen LogP contribution is 2.36. The van der Waals surface area contributed by atoms with Crippen molar-refractivity contribution in [2.45, 2.75) is 63.8 Å². The van der Waals surface area contributed by atoms with Crippen molar-refractivity contribution in [2.24, 2.45) is 0 Å². The number of rotatable bonds is 9. The predicted octanol–water partition coefficient (Wildman–Crippen LogP) is 4.99. The monoisotopic (exact) mass is 573 g/mol. The van der Waals surface area contributed by atoms with Crippen LogP contribution in [0.5, 0.6) is 0 Å². The Balaban J connectivity index is 1.92. The summed E-state index contributed by atoms with van der Waals surface area (Å²) in [6.45, 7) is 0.696. The van der Waals surface area contributed by atoms with Crippen molar-refractivity contribution in [2.75, 3.05) is 17.1 Å². The SMILES string of the molecule is C[C@H](C(=O)NC1CCCCC1)N(Cc1ccccc1)C(=O)CN(c1cc(C(F)(F)F)ccc1Cl)S(C)(=O)=O. The zero-order valence-electron chi connectivity index (χ0n) is 21.2. The van der Waals surface area contributed by atoms with E-state index in [1.165, 1.54) is 4.90 Å². The average Bonchev–Trinajstić information content (AvgIpc) is 2.85. The minimum Gasteiger partial charge on any atom is -0.352 e. The van der Waals surface area contributed by atoms with Gasteiger partial charge in [-0.2, -0.15) is 13.2 Å². The second kappa shape index (κ2) is 12.4. The number of amides is 2. The first kappa shape index (κ1) is 29.8.